The van der Waals surface area contributed by atoms with Gasteiger partial charge in [0.15, 0.2) is 0 Å². The van der Waals surface area contributed by atoms with Gasteiger partial charge in [-0.1, -0.05) is 96.8 Å². The highest BCUT2D eigenvalue weighted by Gasteiger charge is 2.07. The minimum Gasteiger partial charge on any atom is -0.463 e. The highest BCUT2D eigenvalue weighted by Crippen LogP contribution is 2.22. The van der Waals surface area contributed by atoms with Gasteiger partial charge in [-0.05, 0) is 89.4 Å². The molecule has 0 bridgehead atoms. The van der Waals surface area contributed by atoms with Crippen LogP contribution in [0.5, 0.6) is 0 Å². The normalized spacial score (nSPS) is 14.5. The summed E-state index contributed by atoms with van der Waals surface area (Å²) in [6.07, 6.45) is 20.9. The first-order valence-corrected chi connectivity index (χ1v) is 15.6. The van der Waals surface area contributed by atoms with Crippen LogP contribution in [0.2, 0.25) is 0 Å². The fourth-order valence-electron chi connectivity index (χ4n) is 4.69. The first-order valence-electron chi connectivity index (χ1n) is 15.6. The maximum Gasteiger partial charge on any atom is 0.330 e. The SMILES string of the molecule is CC(C)=CCCC(C)CCOCCCCOC(=O)C=C(C)CCCC(C)CCCC(C)CCCC(C)C. The molecule has 0 aromatic carbocycles. The van der Waals surface area contributed by atoms with Gasteiger partial charge in [0.2, 0.25) is 0 Å². The zero-order chi connectivity index (χ0) is 27.9. The van der Waals surface area contributed by atoms with Crippen molar-refractivity contribution in [3.05, 3.63) is 23.3 Å². The zero-order valence-electron chi connectivity index (χ0n) is 26.2. The summed E-state index contributed by atoms with van der Waals surface area (Å²) < 4.78 is 11.1. The number of carbonyl (C=O) groups excluding carboxylic acids is 1. The van der Waals surface area contributed by atoms with Crippen LogP contribution in [0.3, 0.4) is 0 Å². The molecule has 0 heterocycles. The van der Waals surface area contributed by atoms with Crippen molar-refractivity contribution in [1.82, 2.24) is 0 Å². The Morgan fingerprint density at radius 3 is 1.84 bits per heavy atom. The van der Waals surface area contributed by atoms with Gasteiger partial charge >= 0.3 is 5.97 Å². The van der Waals surface area contributed by atoms with Crippen molar-refractivity contribution in [2.75, 3.05) is 19.8 Å². The lowest BCUT2D eigenvalue weighted by Gasteiger charge is -2.15. The number of carbonyl (C=O) groups is 1. The monoisotopic (exact) mass is 520 g/mol. The Bertz CT molecular complexity index is 600. The first kappa shape index (κ1) is 35.9. The number of unbranched alkanes of at least 4 members (excludes halogenated alkanes) is 1. The van der Waals surface area contributed by atoms with Crippen molar-refractivity contribution in [2.45, 2.75) is 145 Å². The lowest BCUT2D eigenvalue weighted by Crippen LogP contribution is -2.06. The van der Waals surface area contributed by atoms with Crippen molar-refractivity contribution in [2.24, 2.45) is 23.7 Å². The second kappa shape index (κ2) is 24.0. The second-order valence-electron chi connectivity index (χ2n) is 12.6. The number of allylic oxidation sites excluding steroid dienone is 3. The molecule has 3 nitrogen and oxygen atoms in total. The van der Waals surface area contributed by atoms with Crippen molar-refractivity contribution in [3.8, 4) is 0 Å². The molecular formula is C34H64O3. The Kier molecular flexibility index (Phi) is 23.3. The van der Waals surface area contributed by atoms with E-state index in [0.29, 0.717) is 12.5 Å². The van der Waals surface area contributed by atoms with E-state index >= 15 is 0 Å². The van der Waals surface area contributed by atoms with Crippen LogP contribution in [-0.2, 0) is 14.3 Å². The van der Waals surface area contributed by atoms with E-state index < -0.39 is 0 Å². The molecule has 0 aliphatic carbocycles. The fraction of sp³-hybridized carbons (Fsp3) is 0.853. The van der Waals surface area contributed by atoms with Crippen LogP contribution in [0.1, 0.15) is 145 Å². The van der Waals surface area contributed by atoms with Crippen molar-refractivity contribution < 1.29 is 14.3 Å². The molecule has 0 rings (SSSR count). The topological polar surface area (TPSA) is 35.5 Å². The van der Waals surface area contributed by atoms with Crippen LogP contribution in [0, 0.1) is 23.7 Å². The summed E-state index contributed by atoms with van der Waals surface area (Å²) >= 11 is 0. The molecule has 3 atom stereocenters. The van der Waals surface area contributed by atoms with Gasteiger partial charge in [-0.2, -0.15) is 0 Å². The van der Waals surface area contributed by atoms with E-state index in [9.17, 15) is 4.79 Å². The Morgan fingerprint density at radius 1 is 0.649 bits per heavy atom. The molecule has 218 valence electrons. The maximum atomic E-state index is 12.1. The van der Waals surface area contributed by atoms with Crippen LogP contribution >= 0.6 is 0 Å². The van der Waals surface area contributed by atoms with E-state index in [-0.39, 0.29) is 5.97 Å². The Labute approximate surface area is 232 Å². The number of esters is 1. The molecule has 0 aliphatic rings. The van der Waals surface area contributed by atoms with E-state index in [2.05, 4.69) is 61.5 Å². The van der Waals surface area contributed by atoms with E-state index in [1.165, 1.54) is 63.4 Å². The van der Waals surface area contributed by atoms with E-state index in [4.69, 9.17) is 9.47 Å². The summed E-state index contributed by atoms with van der Waals surface area (Å²) in [6, 6.07) is 0. The van der Waals surface area contributed by atoms with Gasteiger partial charge in [-0.3, -0.25) is 0 Å². The van der Waals surface area contributed by atoms with Gasteiger partial charge in [0.05, 0.1) is 6.61 Å². The van der Waals surface area contributed by atoms with Crippen LogP contribution in [0.4, 0.5) is 0 Å². The van der Waals surface area contributed by atoms with E-state index in [1.807, 2.05) is 0 Å². The average molecular weight is 521 g/mol. The summed E-state index contributed by atoms with van der Waals surface area (Å²) in [5, 5.41) is 0. The standard InChI is InChI=1S/C34H64O3/c1-28(2)15-11-17-30(5)19-13-20-31(6)21-14-22-33(8)27-34(35)37-25-10-9-24-36-26-23-32(7)18-12-16-29(3)4/h16,27-28,30-32H,9-15,17-26H2,1-8H3. The molecule has 0 radical (unpaired) electrons. The third kappa shape index (κ3) is 26.3. The first-order chi connectivity index (χ1) is 17.6. The molecule has 0 saturated heterocycles. The van der Waals surface area contributed by atoms with Gasteiger partial charge in [-0.15, -0.1) is 0 Å². The number of hydrogen-bond donors (Lipinski definition) is 0. The fourth-order valence-corrected chi connectivity index (χ4v) is 4.69. The zero-order valence-corrected chi connectivity index (χ0v) is 26.2. The summed E-state index contributed by atoms with van der Waals surface area (Å²) in [5.74, 6) is 2.99. The molecule has 0 aliphatic heterocycles. The molecule has 0 spiro atoms. The quantitative estimate of drug-likeness (QED) is 0.0549. The van der Waals surface area contributed by atoms with Crippen LogP contribution in [0.25, 0.3) is 0 Å². The average Bonchev–Trinajstić information content (AvgIpc) is 2.80. The van der Waals surface area contributed by atoms with Crippen molar-refractivity contribution in [1.29, 1.82) is 0 Å². The molecule has 0 aromatic heterocycles. The van der Waals surface area contributed by atoms with Gasteiger partial charge in [0.25, 0.3) is 0 Å². The second-order valence-corrected chi connectivity index (χ2v) is 12.6. The predicted molar refractivity (Wildman–Crippen MR) is 162 cm³/mol. The van der Waals surface area contributed by atoms with Crippen LogP contribution < -0.4 is 0 Å². The lowest BCUT2D eigenvalue weighted by atomic mass is 9.91. The number of ether oxygens (including phenoxy) is 2. The molecule has 0 fully saturated rings. The molecule has 0 saturated carbocycles. The van der Waals surface area contributed by atoms with Crippen molar-refractivity contribution in [3.63, 3.8) is 0 Å². The van der Waals surface area contributed by atoms with Gasteiger partial charge < -0.3 is 9.47 Å². The van der Waals surface area contributed by atoms with Gasteiger partial charge in [0, 0.05) is 19.3 Å². The van der Waals surface area contributed by atoms with E-state index in [0.717, 1.165) is 68.6 Å². The van der Waals surface area contributed by atoms with Crippen molar-refractivity contribution >= 4 is 5.97 Å². The summed E-state index contributed by atoms with van der Waals surface area (Å²) in [4.78, 5) is 12.1. The predicted octanol–water partition coefficient (Wildman–Crippen LogP) is 10.5. The minimum atomic E-state index is -0.192. The Hall–Kier alpha value is -1.09. The number of rotatable bonds is 24. The molecule has 0 N–H and O–H groups in total. The third-order valence-corrected chi connectivity index (χ3v) is 7.40. The highest BCUT2D eigenvalue weighted by atomic mass is 16.5. The Morgan fingerprint density at radius 2 is 1.22 bits per heavy atom. The molecule has 3 unspecified atom stereocenters. The largest absolute Gasteiger partial charge is 0.463 e. The summed E-state index contributed by atoms with van der Waals surface area (Å²) in [7, 11) is 0. The van der Waals surface area contributed by atoms with Gasteiger partial charge in [-0.25, -0.2) is 4.79 Å². The minimum absolute atomic E-state index is 0.192. The van der Waals surface area contributed by atoms with Crippen LogP contribution in [0.15, 0.2) is 23.3 Å². The summed E-state index contributed by atoms with van der Waals surface area (Å²) in [6.45, 7) is 20.2. The lowest BCUT2D eigenvalue weighted by molar-refractivity contribution is -0.138. The number of hydrogen-bond acceptors (Lipinski definition) is 3. The smallest absolute Gasteiger partial charge is 0.330 e. The Balaban J connectivity index is 3.70. The highest BCUT2D eigenvalue weighted by molar-refractivity contribution is 5.82. The van der Waals surface area contributed by atoms with E-state index in [1.54, 1.807) is 6.08 Å². The molecule has 37 heavy (non-hydrogen) atoms. The third-order valence-electron chi connectivity index (χ3n) is 7.40. The molecule has 3 heteroatoms. The molecular weight excluding hydrogens is 456 g/mol. The molecule has 0 aromatic rings. The summed E-state index contributed by atoms with van der Waals surface area (Å²) in [5.41, 5.74) is 2.54. The maximum absolute atomic E-state index is 12.1. The van der Waals surface area contributed by atoms with Crippen LogP contribution in [-0.4, -0.2) is 25.8 Å². The molecule has 0 amide bonds. The van der Waals surface area contributed by atoms with Gasteiger partial charge in [0.1, 0.15) is 0 Å².